The Morgan fingerprint density at radius 1 is 1.16 bits per heavy atom. The maximum absolute atomic E-state index is 12.5. The van der Waals surface area contributed by atoms with Gasteiger partial charge >= 0.3 is 5.51 Å². The summed E-state index contributed by atoms with van der Waals surface area (Å²) in [5.74, 6) is 0. The highest BCUT2D eigenvalue weighted by atomic mass is 35.5. The van der Waals surface area contributed by atoms with Crippen molar-refractivity contribution in [3.63, 3.8) is 0 Å². The molecule has 0 fully saturated rings. The molecule has 0 amide bonds. The Hall–Kier alpha value is -0.690. The van der Waals surface area contributed by atoms with Gasteiger partial charge < -0.3 is 5.73 Å². The van der Waals surface area contributed by atoms with E-state index in [2.05, 4.69) is 0 Å². The number of thioether (sulfide) groups is 1. The standard InChI is InChI=1S/C12H10F3NS2.ClH/c13-12(14,15)18-10-4-2-1-3-9(10)11(16)8-5-6-17-7-8;/h1-7,11H,16H2;1H/t11-;/m0./s1. The second-order valence-electron chi connectivity index (χ2n) is 3.62. The Morgan fingerprint density at radius 2 is 1.84 bits per heavy atom. The van der Waals surface area contributed by atoms with Gasteiger partial charge in [-0.05, 0) is 45.8 Å². The largest absolute Gasteiger partial charge is 0.446 e. The second-order valence-corrected chi connectivity index (χ2v) is 5.51. The molecule has 1 atom stereocenters. The topological polar surface area (TPSA) is 26.0 Å². The van der Waals surface area contributed by atoms with Crippen LogP contribution in [-0.4, -0.2) is 5.51 Å². The number of alkyl halides is 3. The first kappa shape index (κ1) is 16.4. The molecule has 1 nitrogen and oxygen atoms in total. The summed E-state index contributed by atoms with van der Waals surface area (Å²) in [5, 5.41) is 3.70. The molecule has 1 heterocycles. The zero-order chi connectivity index (χ0) is 13.2. The second kappa shape index (κ2) is 6.65. The monoisotopic (exact) mass is 325 g/mol. The van der Waals surface area contributed by atoms with E-state index in [-0.39, 0.29) is 29.1 Å². The van der Waals surface area contributed by atoms with Crippen molar-refractivity contribution in [2.24, 2.45) is 5.73 Å². The normalized spacial score (nSPS) is 12.8. The van der Waals surface area contributed by atoms with Gasteiger partial charge in [-0.3, -0.25) is 0 Å². The number of nitrogens with two attached hydrogens (primary N) is 1. The van der Waals surface area contributed by atoms with E-state index in [4.69, 9.17) is 5.73 Å². The molecule has 104 valence electrons. The van der Waals surface area contributed by atoms with Crippen LogP contribution in [-0.2, 0) is 0 Å². The van der Waals surface area contributed by atoms with Crippen molar-refractivity contribution in [2.75, 3.05) is 0 Å². The van der Waals surface area contributed by atoms with Gasteiger partial charge in [0, 0.05) is 4.90 Å². The third-order valence-corrected chi connectivity index (χ3v) is 3.91. The van der Waals surface area contributed by atoms with Crippen molar-refractivity contribution in [1.82, 2.24) is 0 Å². The molecule has 1 aromatic heterocycles. The highest BCUT2D eigenvalue weighted by Gasteiger charge is 2.31. The average molecular weight is 326 g/mol. The van der Waals surface area contributed by atoms with E-state index in [1.165, 1.54) is 17.4 Å². The number of halogens is 4. The Kier molecular flexibility index (Phi) is 5.73. The minimum atomic E-state index is -4.30. The number of hydrogen-bond acceptors (Lipinski definition) is 3. The van der Waals surface area contributed by atoms with Crippen LogP contribution in [0.15, 0.2) is 46.0 Å². The molecule has 0 bridgehead atoms. The zero-order valence-corrected chi connectivity index (χ0v) is 12.0. The fraction of sp³-hybridized carbons (Fsp3) is 0.167. The molecule has 2 N–H and O–H groups in total. The lowest BCUT2D eigenvalue weighted by atomic mass is 10.0. The van der Waals surface area contributed by atoms with Crippen molar-refractivity contribution in [1.29, 1.82) is 0 Å². The highest BCUT2D eigenvalue weighted by Crippen LogP contribution is 2.40. The summed E-state index contributed by atoms with van der Waals surface area (Å²) in [6.45, 7) is 0. The van der Waals surface area contributed by atoms with E-state index in [9.17, 15) is 13.2 Å². The van der Waals surface area contributed by atoms with Crippen LogP contribution in [0.5, 0.6) is 0 Å². The van der Waals surface area contributed by atoms with Crippen LogP contribution >= 0.6 is 35.5 Å². The Bertz CT molecular complexity index is 514. The molecule has 0 unspecified atom stereocenters. The lowest BCUT2D eigenvalue weighted by Gasteiger charge is -2.16. The minimum absolute atomic E-state index is 0. The summed E-state index contributed by atoms with van der Waals surface area (Å²) in [7, 11) is 0. The van der Waals surface area contributed by atoms with Gasteiger partial charge in [0.15, 0.2) is 0 Å². The van der Waals surface area contributed by atoms with Crippen molar-refractivity contribution in [3.05, 3.63) is 52.2 Å². The van der Waals surface area contributed by atoms with Crippen LogP contribution < -0.4 is 5.73 Å². The smallest absolute Gasteiger partial charge is 0.320 e. The summed E-state index contributed by atoms with van der Waals surface area (Å²) in [6.07, 6.45) is 0. The first-order valence-electron chi connectivity index (χ1n) is 5.10. The number of hydrogen-bond donors (Lipinski definition) is 1. The summed E-state index contributed by atoms with van der Waals surface area (Å²) in [6, 6.07) is 7.66. The molecule has 7 heteroatoms. The van der Waals surface area contributed by atoms with Gasteiger partial charge in [0.05, 0.1) is 6.04 Å². The molecular weight excluding hydrogens is 315 g/mol. The van der Waals surface area contributed by atoms with Crippen LogP contribution in [0.2, 0.25) is 0 Å². The van der Waals surface area contributed by atoms with Gasteiger partial charge in [0.25, 0.3) is 0 Å². The van der Waals surface area contributed by atoms with Crippen LogP contribution in [0, 0.1) is 0 Å². The van der Waals surface area contributed by atoms with Gasteiger partial charge in [0.1, 0.15) is 0 Å². The van der Waals surface area contributed by atoms with Gasteiger partial charge in [-0.25, -0.2) is 0 Å². The lowest BCUT2D eigenvalue weighted by Crippen LogP contribution is -2.13. The average Bonchev–Trinajstić information content (AvgIpc) is 2.80. The third kappa shape index (κ3) is 4.42. The van der Waals surface area contributed by atoms with Crippen molar-refractivity contribution >= 4 is 35.5 Å². The maximum atomic E-state index is 12.5. The quantitative estimate of drug-likeness (QED) is 0.818. The van der Waals surface area contributed by atoms with E-state index in [0.717, 1.165) is 5.56 Å². The van der Waals surface area contributed by atoms with E-state index in [1.807, 2.05) is 16.8 Å². The van der Waals surface area contributed by atoms with E-state index < -0.39 is 11.6 Å². The van der Waals surface area contributed by atoms with Crippen LogP contribution in [0.25, 0.3) is 0 Å². The molecule has 2 aromatic rings. The van der Waals surface area contributed by atoms with E-state index >= 15 is 0 Å². The minimum Gasteiger partial charge on any atom is -0.320 e. The van der Waals surface area contributed by atoms with Gasteiger partial charge in [-0.15, -0.1) is 12.4 Å². The van der Waals surface area contributed by atoms with Crippen LogP contribution in [0.4, 0.5) is 13.2 Å². The SMILES string of the molecule is Cl.N[C@@H](c1ccsc1)c1ccccc1SC(F)(F)F. The first-order valence-corrected chi connectivity index (χ1v) is 6.85. The molecule has 0 aliphatic rings. The molecule has 19 heavy (non-hydrogen) atoms. The molecule has 0 saturated heterocycles. The van der Waals surface area contributed by atoms with Crippen molar-refractivity contribution in [2.45, 2.75) is 16.4 Å². The molecule has 0 saturated carbocycles. The summed E-state index contributed by atoms with van der Waals surface area (Å²) >= 11 is 1.35. The first-order chi connectivity index (χ1) is 8.47. The molecule has 2 rings (SSSR count). The van der Waals surface area contributed by atoms with E-state index in [1.54, 1.807) is 18.2 Å². The molecule has 1 aromatic carbocycles. The van der Waals surface area contributed by atoms with Crippen molar-refractivity contribution < 1.29 is 13.2 Å². The van der Waals surface area contributed by atoms with Gasteiger partial charge in [0.2, 0.25) is 0 Å². The Morgan fingerprint density at radius 3 is 2.42 bits per heavy atom. The fourth-order valence-electron chi connectivity index (χ4n) is 1.59. The molecule has 0 radical (unpaired) electrons. The van der Waals surface area contributed by atoms with Crippen LogP contribution in [0.3, 0.4) is 0 Å². The Balaban J connectivity index is 0.00000180. The molecule has 0 aliphatic carbocycles. The van der Waals surface area contributed by atoms with Crippen LogP contribution in [0.1, 0.15) is 17.2 Å². The van der Waals surface area contributed by atoms with Crippen molar-refractivity contribution in [3.8, 4) is 0 Å². The summed E-state index contributed by atoms with van der Waals surface area (Å²) in [5.41, 5.74) is 3.03. The predicted octanol–water partition coefficient (Wildman–Crippen LogP) is 4.83. The van der Waals surface area contributed by atoms with Gasteiger partial charge in [-0.1, -0.05) is 18.2 Å². The van der Waals surface area contributed by atoms with Gasteiger partial charge in [-0.2, -0.15) is 24.5 Å². The number of rotatable bonds is 3. The zero-order valence-electron chi connectivity index (χ0n) is 9.55. The summed E-state index contributed by atoms with van der Waals surface area (Å²) < 4.78 is 37.4. The van der Waals surface area contributed by atoms with E-state index in [0.29, 0.717) is 5.56 Å². The summed E-state index contributed by atoms with van der Waals surface area (Å²) in [4.78, 5) is 0.156. The number of benzene rings is 1. The predicted molar refractivity (Wildman–Crippen MR) is 76.0 cm³/mol. The lowest BCUT2D eigenvalue weighted by molar-refractivity contribution is -0.0328. The third-order valence-electron chi connectivity index (χ3n) is 2.38. The molecular formula is C12H11ClF3NS2. The molecule has 0 aliphatic heterocycles. The fourth-order valence-corrected chi connectivity index (χ4v) is 2.99. The maximum Gasteiger partial charge on any atom is 0.446 e. The molecule has 0 spiro atoms. The Labute approximate surface area is 123 Å². The number of thiophene rings is 1. The highest BCUT2D eigenvalue weighted by molar-refractivity contribution is 8.00.